The molecule has 1 aromatic carbocycles. The number of halogens is 1. The summed E-state index contributed by atoms with van der Waals surface area (Å²) in [5, 5.41) is 3.35. The van der Waals surface area contributed by atoms with Crippen molar-refractivity contribution in [3.8, 4) is 0 Å². The number of ketones is 1. The van der Waals surface area contributed by atoms with E-state index >= 15 is 0 Å². The van der Waals surface area contributed by atoms with Crippen LogP contribution < -0.4 is 5.32 Å². The number of hydrogen-bond acceptors (Lipinski definition) is 3. The van der Waals surface area contributed by atoms with Crippen molar-refractivity contribution in [3.05, 3.63) is 34.3 Å². The first-order valence-corrected chi connectivity index (χ1v) is 7.23. The smallest absolute Gasteiger partial charge is 0.151 e. The van der Waals surface area contributed by atoms with Gasteiger partial charge in [0.15, 0.2) is 5.78 Å². The number of rotatable bonds is 4. The topological polar surface area (TPSA) is 32.3 Å². The molecule has 1 aromatic rings. The third-order valence-electron chi connectivity index (χ3n) is 3.18. The van der Waals surface area contributed by atoms with Crippen LogP contribution in [0.1, 0.15) is 12.0 Å². The lowest BCUT2D eigenvalue weighted by Crippen LogP contribution is -2.33. The summed E-state index contributed by atoms with van der Waals surface area (Å²) in [4.78, 5) is 14.3. The Labute approximate surface area is 117 Å². The highest BCUT2D eigenvalue weighted by molar-refractivity contribution is 9.10. The summed E-state index contributed by atoms with van der Waals surface area (Å²) < 4.78 is 1.02. The maximum absolute atomic E-state index is 12.1. The van der Waals surface area contributed by atoms with Crippen LogP contribution in [0.25, 0.3) is 0 Å². The Kier molecular flexibility index (Phi) is 5.35. The van der Waals surface area contributed by atoms with Crippen LogP contribution in [-0.2, 0) is 11.2 Å². The number of carbonyl (C=O) groups excluding carboxylic acids is 1. The van der Waals surface area contributed by atoms with Gasteiger partial charge in [0.2, 0.25) is 0 Å². The van der Waals surface area contributed by atoms with E-state index in [9.17, 15) is 4.79 Å². The predicted molar refractivity (Wildman–Crippen MR) is 76.8 cm³/mol. The van der Waals surface area contributed by atoms with Crippen molar-refractivity contribution in [1.29, 1.82) is 0 Å². The monoisotopic (exact) mass is 310 g/mol. The molecule has 1 aliphatic heterocycles. The lowest BCUT2D eigenvalue weighted by molar-refractivity contribution is -0.119. The molecule has 0 saturated carbocycles. The van der Waals surface area contributed by atoms with Gasteiger partial charge in [-0.05, 0) is 31.1 Å². The van der Waals surface area contributed by atoms with E-state index in [2.05, 4.69) is 26.1 Å². The molecule has 3 nitrogen and oxygen atoms in total. The number of nitrogens with one attached hydrogen (secondary N) is 1. The van der Waals surface area contributed by atoms with Crippen LogP contribution in [0.5, 0.6) is 0 Å². The molecule has 1 N–H and O–H groups in total. The van der Waals surface area contributed by atoms with Crippen molar-refractivity contribution in [2.75, 3.05) is 32.7 Å². The molecular weight excluding hydrogens is 292 g/mol. The van der Waals surface area contributed by atoms with Gasteiger partial charge in [-0.2, -0.15) is 0 Å². The Bertz CT molecular complexity index is 401. The van der Waals surface area contributed by atoms with Crippen LogP contribution in [0.3, 0.4) is 0 Å². The first kappa shape index (κ1) is 13.7. The van der Waals surface area contributed by atoms with Gasteiger partial charge in [0.25, 0.3) is 0 Å². The van der Waals surface area contributed by atoms with Gasteiger partial charge >= 0.3 is 0 Å². The van der Waals surface area contributed by atoms with E-state index in [1.807, 2.05) is 24.3 Å². The van der Waals surface area contributed by atoms with Gasteiger partial charge in [0.1, 0.15) is 0 Å². The number of benzene rings is 1. The number of carbonyl (C=O) groups is 1. The third-order valence-corrected chi connectivity index (χ3v) is 3.95. The molecule has 0 atom stereocenters. The molecule has 98 valence electrons. The molecule has 1 aliphatic rings. The van der Waals surface area contributed by atoms with Gasteiger partial charge in [-0.25, -0.2) is 0 Å². The molecule has 1 saturated heterocycles. The normalized spacial score (nSPS) is 17.4. The van der Waals surface area contributed by atoms with Gasteiger partial charge in [0.05, 0.1) is 6.54 Å². The average Bonchev–Trinajstić information content (AvgIpc) is 2.61. The predicted octanol–water partition coefficient (Wildman–Crippen LogP) is 1.86. The van der Waals surface area contributed by atoms with Crippen LogP contribution >= 0.6 is 15.9 Å². The second-order valence-electron chi connectivity index (χ2n) is 4.69. The van der Waals surface area contributed by atoms with Gasteiger partial charge in [-0.1, -0.05) is 34.1 Å². The largest absolute Gasteiger partial charge is 0.315 e. The standard InChI is InChI=1S/C14H19BrN2O/c15-14-5-2-1-4-12(14)10-13(18)11-17-8-3-6-16-7-9-17/h1-2,4-5,16H,3,6-11H2. The van der Waals surface area contributed by atoms with Gasteiger partial charge < -0.3 is 5.32 Å². The minimum atomic E-state index is 0.295. The Morgan fingerprint density at radius 2 is 2.11 bits per heavy atom. The molecule has 0 amide bonds. The molecule has 1 heterocycles. The van der Waals surface area contributed by atoms with Crippen LogP contribution in [0, 0.1) is 0 Å². The van der Waals surface area contributed by atoms with E-state index in [0.717, 1.165) is 42.6 Å². The SMILES string of the molecule is O=C(Cc1ccccc1Br)CN1CCCNCC1. The summed E-state index contributed by atoms with van der Waals surface area (Å²) >= 11 is 3.49. The first-order chi connectivity index (χ1) is 8.75. The molecule has 4 heteroatoms. The molecular formula is C14H19BrN2O. The Balaban J connectivity index is 1.86. The van der Waals surface area contributed by atoms with Crippen LogP contribution in [0.4, 0.5) is 0 Å². The molecule has 0 aliphatic carbocycles. The molecule has 0 aromatic heterocycles. The van der Waals surface area contributed by atoms with E-state index in [1.54, 1.807) is 0 Å². The second-order valence-corrected chi connectivity index (χ2v) is 5.54. The highest BCUT2D eigenvalue weighted by Crippen LogP contribution is 2.16. The van der Waals surface area contributed by atoms with Crippen LogP contribution in [0.2, 0.25) is 0 Å². The van der Waals surface area contributed by atoms with Gasteiger partial charge in [-0.15, -0.1) is 0 Å². The quantitative estimate of drug-likeness (QED) is 0.921. The molecule has 0 radical (unpaired) electrons. The fourth-order valence-electron chi connectivity index (χ4n) is 2.22. The van der Waals surface area contributed by atoms with Crippen molar-refractivity contribution in [1.82, 2.24) is 10.2 Å². The lowest BCUT2D eigenvalue weighted by Gasteiger charge is -2.18. The number of Topliss-reactive ketones (excluding diaryl/α,β-unsaturated/α-hetero) is 1. The fraction of sp³-hybridized carbons (Fsp3) is 0.500. The highest BCUT2D eigenvalue weighted by atomic mass is 79.9. The zero-order valence-corrected chi connectivity index (χ0v) is 12.1. The van der Waals surface area contributed by atoms with Crippen molar-refractivity contribution in [3.63, 3.8) is 0 Å². The summed E-state index contributed by atoms with van der Waals surface area (Å²) in [6.45, 7) is 4.62. The Morgan fingerprint density at radius 1 is 1.28 bits per heavy atom. The summed E-state index contributed by atoms with van der Waals surface area (Å²) in [5.74, 6) is 0.295. The molecule has 2 rings (SSSR count). The second kappa shape index (κ2) is 7.02. The summed E-state index contributed by atoms with van der Waals surface area (Å²) in [5.41, 5.74) is 1.08. The maximum Gasteiger partial charge on any atom is 0.151 e. The zero-order chi connectivity index (χ0) is 12.8. The van der Waals surface area contributed by atoms with E-state index in [1.165, 1.54) is 0 Å². The van der Waals surface area contributed by atoms with Crippen LogP contribution in [0.15, 0.2) is 28.7 Å². The third kappa shape index (κ3) is 4.19. The number of hydrogen-bond donors (Lipinski definition) is 1. The summed E-state index contributed by atoms with van der Waals surface area (Å²) in [6, 6.07) is 7.94. The molecule has 18 heavy (non-hydrogen) atoms. The van der Waals surface area contributed by atoms with Gasteiger partial charge in [-0.3, -0.25) is 9.69 Å². The Morgan fingerprint density at radius 3 is 2.94 bits per heavy atom. The van der Waals surface area contributed by atoms with Crippen molar-refractivity contribution in [2.45, 2.75) is 12.8 Å². The molecule has 1 fully saturated rings. The maximum atomic E-state index is 12.1. The van der Waals surface area contributed by atoms with E-state index < -0.39 is 0 Å². The van der Waals surface area contributed by atoms with Crippen molar-refractivity contribution >= 4 is 21.7 Å². The van der Waals surface area contributed by atoms with Crippen molar-refractivity contribution in [2.24, 2.45) is 0 Å². The number of nitrogens with zero attached hydrogens (tertiary/aromatic N) is 1. The summed E-state index contributed by atoms with van der Waals surface area (Å²) in [6.07, 6.45) is 1.65. The minimum Gasteiger partial charge on any atom is -0.315 e. The van der Waals surface area contributed by atoms with E-state index in [-0.39, 0.29) is 0 Å². The van der Waals surface area contributed by atoms with Gasteiger partial charge in [0, 0.05) is 24.0 Å². The summed E-state index contributed by atoms with van der Waals surface area (Å²) in [7, 11) is 0. The first-order valence-electron chi connectivity index (χ1n) is 6.44. The zero-order valence-electron chi connectivity index (χ0n) is 10.5. The molecule has 0 bridgehead atoms. The molecule has 0 unspecified atom stereocenters. The van der Waals surface area contributed by atoms with E-state index in [0.29, 0.717) is 18.7 Å². The fourth-order valence-corrected chi connectivity index (χ4v) is 2.64. The van der Waals surface area contributed by atoms with Crippen LogP contribution in [-0.4, -0.2) is 43.4 Å². The van der Waals surface area contributed by atoms with Crippen molar-refractivity contribution < 1.29 is 4.79 Å². The highest BCUT2D eigenvalue weighted by Gasteiger charge is 2.13. The van der Waals surface area contributed by atoms with E-state index in [4.69, 9.17) is 0 Å². The average molecular weight is 311 g/mol. The Hall–Kier alpha value is -0.710. The lowest BCUT2D eigenvalue weighted by atomic mass is 10.1. The minimum absolute atomic E-state index is 0.295. The molecule has 0 spiro atoms.